The second-order valence-electron chi connectivity index (χ2n) is 9.28. The monoisotopic (exact) mass is 534 g/mol. The van der Waals surface area contributed by atoms with Crippen LogP contribution in [-0.4, -0.2) is 43.7 Å². The van der Waals surface area contributed by atoms with Crippen molar-refractivity contribution in [1.29, 1.82) is 0 Å². The first-order valence-corrected chi connectivity index (χ1v) is 12.3. The van der Waals surface area contributed by atoms with Gasteiger partial charge in [0.15, 0.2) is 0 Å². The summed E-state index contributed by atoms with van der Waals surface area (Å²) in [4.78, 5) is 47.8. The van der Waals surface area contributed by atoms with Crippen LogP contribution in [0.5, 0.6) is 5.75 Å². The van der Waals surface area contributed by atoms with Gasteiger partial charge in [0.25, 0.3) is 0 Å². The van der Waals surface area contributed by atoms with E-state index in [1.54, 1.807) is 37.3 Å². The Balaban J connectivity index is 1.97. The lowest BCUT2D eigenvalue weighted by Crippen LogP contribution is -2.23. The van der Waals surface area contributed by atoms with Crippen molar-refractivity contribution in [2.45, 2.75) is 34.1 Å². The van der Waals surface area contributed by atoms with E-state index in [0.29, 0.717) is 23.3 Å². The summed E-state index contributed by atoms with van der Waals surface area (Å²) in [6, 6.07) is 12.3. The fourth-order valence-electron chi connectivity index (χ4n) is 3.18. The molecule has 0 aliphatic carbocycles. The average Bonchev–Trinajstić information content (AvgIpc) is 2.90. The smallest absolute Gasteiger partial charge is 0.338 e. The van der Waals surface area contributed by atoms with E-state index in [-0.39, 0.29) is 36.9 Å². The molecule has 0 N–H and O–H groups in total. The molecule has 8 nitrogen and oxygen atoms in total. The van der Waals surface area contributed by atoms with Gasteiger partial charge in [-0.1, -0.05) is 37.9 Å². The molecule has 2 aromatic carbocycles. The first-order chi connectivity index (χ1) is 18.4. The SMILES string of the molecule is C=C(C)C(=O)OCC(CCOC(=O)c1ccc(-c2ccc(OC(=O)C(=C)C)c(C)c2)cc1)COC(=O)C(=C)C. The summed E-state index contributed by atoms with van der Waals surface area (Å²) in [6.45, 7) is 17.1. The molecule has 2 aromatic rings. The van der Waals surface area contributed by atoms with Gasteiger partial charge in [0.2, 0.25) is 0 Å². The van der Waals surface area contributed by atoms with Crippen molar-refractivity contribution in [1.82, 2.24) is 0 Å². The van der Waals surface area contributed by atoms with Gasteiger partial charge in [0, 0.05) is 22.6 Å². The van der Waals surface area contributed by atoms with E-state index in [9.17, 15) is 19.2 Å². The van der Waals surface area contributed by atoms with Gasteiger partial charge in [0.1, 0.15) is 5.75 Å². The molecule has 2 rings (SSSR count). The molecular weight excluding hydrogens is 500 g/mol. The van der Waals surface area contributed by atoms with Crippen LogP contribution in [0, 0.1) is 12.8 Å². The van der Waals surface area contributed by atoms with E-state index in [0.717, 1.165) is 16.7 Å². The topological polar surface area (TPSA) is 105 Å². The van der Waals surface area contributed by atoms with Crippen molar-refractivity contribution < 1.29 is 38.1 Å². The second kappa shape index (κ2) is 14.5. The maximum Gasteiger partial charge on any atom is 0.338 e. The Morgan fingerprint density at radius 1 is 0.718 bits per heavy atom. The lowest BCUT2D eigenvalue weighted by molar-refractivity contribution is -0.144. The number of esters is 4. The lowest BCUT2D eigenvalue weighted by Gasteiger charge is -2.17. The van der Waals surface area contributed by atoms with Crippen molar-refractivity contribution in [2.24, 2.45) is 5.92 Å². The number of rotatable bonds is 13. The normalized spacial score (nSPS) is 10.4. The Labute approximate surface area is 228 Å². The van der Waals surface area contributed by atoms with E-state index < -0.39 is 23.9 Å². The Kier molecular flexibility index (Phi) is 11.4. The molecule has 0 fully saturated rings. The third-order valence-corrected chi connectivity index (χ3v) is 5.54. The summed E-state index contributed by atoms with van der Waals surface area (Å²) in [7, 11) is 0. The highest BCUT2D eigenvalue weighted by molar-refractivity contribution is 5.90. The number of aryl methyl sites for hydroxylation is 1. The van der Waals surface area contributed by atoms with Crippen LogP contribution in [-0.2, 0) is 28.6 Å². The molecule has 0 radical (unpaired) electrons. The van der Waals surface area contributed by atoms with Gasteiger partial charge < -0.3 is 18.9 Å². The van der Waals surface area contributed by atoms with E-state index in [1.807, 2.05) is 19.1 Å². The zero-order valence-electron chi connectivity index (χ0n) is 22.8. The first kappa shape index (κ1) is 30.8. The van der Waals surface area contributed by atoms with Crippen LogP contribution in [0.1, 0.15) is 43.1 Å². The lowest BCUT2D eigenvalue weighted by atomic mass is 10.0. The number of carbonyl (C=O) groups excluding carboxylic acids is 4. The van der Waals surface area contributed by atoms with Gasteiger partial charge in [-0.05, 0) is 75.1 Å². The number of hydrogen-bond donors (Lipinski definition) is 0. The third-order valence-electron chi connectivity index (χ3n) is 5.54. The van der Waals surface area contributed by atoms with Gasteiger partial charge >= 0.3 is 23.9 Å². The predicted octanol–water partition coefficient (Wildman–Crippen LogP) is 5.55. The Morgan fingerprint density at radius 2 is 1.23 bits per heavy atom. The standard InChI is InChI=1S/C31H34O8/c1-19(2)28(32)37-17-23(18-38-29(33)20(3)4)14-15-36-31(35)25-10-8-24(9-11-25)26-12-13-27(22(7)16-26)39-30(34)21(5)6/h8-13,16,23H,1,3,5,14-15,17-18H2,2,4,6-7H3. The summed E-state index contributed by atoms with van der Waals surface area (Å²) in [6.07, 6.45) is 0.304. The zero-order valence-corrected chi connectivity index (χ0v) is 22.8. The van der Waals surface area contributed by atoms with Gasteiger partial charge in [-0.15, -0.1) is 0 Å². The number of ether oxygens (including phenoxy) is 4. The number of benzene rings is 2. The van der Waals surface area contributed by atoms with Crippen LogP contribution in [0.25, 0.3) is 11.1 Å². The maximum absolute atomic E-state index is 12.6. The van der Waals surface area contributed by atoms with Gasteiger partial charge in [0.05, 0.1) is 25.4 Å². The molecule has 0 spiro atoms. The van der Waals surface area contributed by atoms with Gasteiger partial charge in [-0.3, -0.25) is 0 Å². The molecule has 39 heavy (non-hydrogen) atoms. The molecular formula is C31H34O8. The number of carbonyl (C=O) groups is 4. The van der Waals surface area contributed by atoms with Crippen LogP contribution in [0.3, 0.4) is 0 Å². The van der Waals surface area contributed by atoms with Crippen molar-refractivity contribution in [3.63, 3.8) is 0 Å². The Morgan fingerprint density at radius 3 is 1.72 bits per heavy atom. The minimum absolute atomic E-state index is 0.0218. The molecule has 0 unspecified atom stereocenters. The van der Waals surface area contributed by atoms with Crippen LogP contribution in [0.2, 0.25) is 0 Å². The van der Waals surface area contributed by atoms with Crippen LogP contribution < -0.4 is 4.74 Å². The van der Waals surface area contributed by atoms with Crippen molar-refractivity contribution in [3.8, 4) is 16.9 Å². The molecule has 0 aromatic heterocycles. The summed E-state index contributed by atoms with van der Waals surface area (Å²) in [5.74, 6) is -2.04. The highest BCUT2D eigenvalue weighted by atomic mass is 16.6. The van der Waals surface area contributed by atoms with Crippen LogP contribution >= 0.6 is 0 Å². The Hall–Kier alpha value is -4.46. The Bertz CT molecular complexity index is 1240. The van der Waals surface area contributed by atoms with Gasteiger partial charge in [-0.2, -0.15) is 0 Å². The molecule has 0 heterocycles. The van der Waals surface area contributed by atoms with Crippen LogP contribution in [0.4, 0.5) is 0 Å². The maximum atomic E-state index is 12.6. The number of hydrogen-bond acceptors (Lipinski definition) is 8. The summed E-state index contributed by atoms with van der Waals surface area (Å²) < 4.78 is 21.1. The molecule has 0 bridgehead atoms. The van der Waals surface area contributed by atoms with E-state index in [2.05, 4.69) is 19.7 Å². The summed E-state index contributed by atoms with van der Waals surface area (Å²) in [5, 5.41) is 0. The van der Waals surface area contributed by atoms with E-state index >= 15 is 0 Å². The quantitative estimate of drug-likeness (QED) is 0.143. The van der Waals surface area contributed by atoms with Crippen molar-refractivity contribution >= 4 is 23.9 Å². The minimum atomic E-state index is -0.555. The second-order valence-corrected chi connectivity index (χ2v) is 9.28. The molecule has 0 saturated carbocycles. The van der Waals surface area contributed by atoms with Crippen molar-refractivity contribution in [3.05, 3.63) is 90.0 Å². The summed E-state index contributed by atoms with van der Waals surface area (Å²) >= 11 is 0. The van der Waals surface area contributed by atoms with Crippen LogP contribution in [0.15, 0.2) is 78.9 Å². The van der Waals surface area contributed by atoms with Crippen molar-refractivity contribution in [2.75, 3.05) is 19.8 Å². The first-order valence-electron chi connectivity index (χ1n) is 12.3. The minimum Gasteiger partial charge on any atom is -0.462 e. The fourth-order valence-corrected chi connectivity index (χ4v) is 3.18. The molecule has 0 aliphatic heterocycles. The van der Waals surface area contributed by atoms with Gasteiger partial charge in [-0.25, -0.2) is 19.2 Å². The largest absolute Gasteiger partial charge is 0.462 e. The highest BCUT2D eigenvalue weighted by Gasteiger charge is 2.17. The highest BCUT2D eigenvalue weighted by Crippen LogP contribution is 2.27. The van der Waals surface area contributed by atoms with E-state index in [4.69, 9.17) is 18.9 Å². The molecule has 8 heteroatoms. The third kappa shape index (κ3) is 9.74. The van der Waals surface area contributed by atoms with E-state index in [1.165, 1.54) is 13.8 Å². The molecule has 0 atom stereocenters. The molecule has 0 amide bonds. The summed E-state index contributed by atoms with van der Waals surface area (Å²) in [5.41, 5.74) is 3.71. The predicted molar refractivity (Wildman–Crippen MR) is 147 cm³/mol. The average molecular weight is 535 g/mol. The molecule has 0 saturated heterocycles. The molecule has 0 aliphatic rings. The fraction of sp³-hybridized carbons (Fsp3) is 0.290. The zero-order chi connectivity index (χ0) is 29.1. The molecule has 206 valence electrons.